The summed E-state index contributed by atoms with van der Waals surface area (Å²) < 4.78 is 5.06. The number of rotatable bonds is 4. The van der Waals surface area contributed by atoms with Crippen molar-refractivity contribution in [1.29, 1.82) is 0 Å². The molecule has 0 radical (unpaired) electrons. The van der Waals surface area contributed by atoms with Gasteiger partial charge in [0.2, 0.25) is 5.88 Å². The largest absolute Gasteiger partial charge is 0.481 e. The zero-order chi connectivity index (χ0) is 13.0. The molecule has 2 aromatic rings. The second-order valence-corrected chi connectivity index (χ2v) is 4.83. The first-order chi connectivity index (χ1) is 8.67. The fourth-order valence-corrected chi connectivity index (χ4v) is 2.23. The summed E-state index contributed by atoms with van der Waals surface area (Å²) in [5, 5.41) is 0.632. The Hall–Kier alpha value is -1.75. The van der Waals surface area contributed by atoms with Crippen LogP contribution >= 0.6 is 11.8 Å². The van der Waals surface area contributed by atoms with E-state index in [0.717, 1.165) is 5.75 Å². The maximum absolute atomic E-state index is 5.68. The quantitative estimate of drug-likeness (QED) is 0.677. The maximum atomic E-state index is 5.68. The highest BCUT2D eigenvalue weighted by molar-refractivity contribution is 7.98. The van der Waals surface area contributed by atoms with Gasteiger partial charge in [-0.1, -0.05) is 41.6 Å². The van der Waals surface area contributed by atoms with E-state index in [1.807, 2.05) is 0 Å². The Morgan fingerprint density at radius 1 is 1.22 bits per heavy atom. The van der Waals surface area contributed by atoms with Gasteiger partial charge in [-0.05, 0) is 12.5 Å². The van der Waals surface area contributed by atoms with Crippen LogP contribution < -0.4 is 10.5 Å². The van der Waals surface area contributed by atoms with Gasteiger partial charge in [-0.25, -0.2) is 4.98 Å². The van der Waals surface area contributed by atoms with Crippen molar-refractivity contribution in [2.24, 2.45) is 0 Å². The first kappa shape index (κ1) is 12.7. The Morgan fingerprint density at radius 2 is 1.94 bits per heavy atom. The summed E-state index contributed by atoms with van der Waals surface area (Å²) in [6.45, 7) is 2.07. The topological polar surface area (TPSA) is 61.0 Å². The van der Waals surface area contributed by atoms with Crippen LogP contribution in [-0.4, -0.2) is 17.1 Å². The van der Waals surface area contributed by atoms with Crippen LogP contribution in [0.15, 0.2) is 35.5 Å². The Labute approximate surface area is 111 Å². The molecule has 0 unspecified atom stereocenters. The number of anilines is 1. The summed E-state index contributed by atoms with van der Waals surface area (Å²) in [5.74, 6) is 1.73. The van der Waals surface area contributed by atoms with Gasteiger partial charge in [-0.3, -0.25) is 0 Å². The molecule has 0 aliphatic heterocycles. The summed E-state index contributed by atoms with van der Waals surface area (Å²) >= 11 is 1.54. The molecule has 0 bridgehead atoms. The molecule has 0 aliphatic carbocycles. The van der Waals surface area contributed by atoms with E-state index < -0.39 is 0 Å². The van der Waals surface area contributed by atoms with Gasteiger partial charge >= 0.3 is 0 Å². The lowest BCUT2D eigenvalue weighted by molar-refractivity contribution is 0.393. The van der Waals surface area contributed by atoms with Crippen molar-refractivity contribution in [3.63, 3.8) is 0 Å². The molecule has 0 saturated carbocycles. The summed E-state index contributed by atoms with van der Waals surface area (Å²) in [5.41, 5.74) is 8.17. The van der Waals surface area contributed by atoms with Crippen LogP contribution in [0.2, 0.25) is 0 Å². The van der Waals surface area contributed by atoms with E-state index in [0.29, 0.717) is 16.9 Å². The van der Waals surface area contributed by atoms with Crippen molar-refractivity contribution in [2.75, 3.05) is 12.8 Å². The van der Waals surface area contributed by atoms with Crippen LogP contribution in [0.25, 0.3) is 0 Å². The summed E-state index contributed by atoms with van der Waals surface area (Å²) in [6, 6.07) is 10.0. The number of nitrogens with two attached hydrogens (primary N) is 1. The molecule has 0 saturated heterocycles. The predicted octanol–water partition coefficient (Wildman–Crippen LogP) is 2.67. The van der Waals surface area contributed by atoms with Gasteiger partial charge in [0.15, 0.2) is 5.16 Å². The minimum absolute atomic E-state index is 0.424. The zero-order valence-electron chi connectivity index (χ0n) is 10.4. The fourth-order valence-electron chi connectivity index (χ4n) is 1.42. The lowest BCUT2D eigenvalue weighted by atomic mass is 10.2. The van der Waals surface area contributed by atoms with Gasteiger partial charge < -0.3 is 10.5 Å². The third-order valence-electron chi connectivity index (χ3n) is 2.40. The van der Waals surface area contributed by atoms with Gasteiger partial charge in [0.05, 0.1) is 7.11 Å². The van der Waals surface area contributed by atoms with Crippen molar-refractivity contribution < 1.29 is 4.74 Å². The van der Waals surface area contributed by atoms with Crippen LogP contribution in [0.1, 0.15) is 11.1 Å². The van der Waals surface area contributed by atoms with Gasteiger partial charge in [-0.2, -0.15) is 4.98 Å². The van der Waals surface area contributed by atoms with Crippen molar-refractivity contribution >= 4 is 17.6 Å². The molecule has 1 aromatic carbocycles. The van der Waals surface area contributed by atoms with E-state index in [9.17, 15) is 0 Å². The average Bonchev–Trinajstić information content (AvgIpc) is 2.37. The second-order valence-electron chi connectivity index (χ2n) is 3.89. The van der Waals surface area contributed by atoms with E-state index in [1.54, 1.807) is 24.9 Å². The summed E-state index contributed by atoms with van der Waals surface area (Å²) in [4.78, 5) is 8.40. The van der Waals surface area contributed by atoms with Gasteiger partial charge in [0.25, 0.3) is 0 Å². The van der Waals surface area contributed by atoms with Crippen LogP contribution in [0.3, 0.4) is 0 Å². The number of thioether (sulfide) groups is 1. The van der Waals surface area contributed by atoms with E-state index in [4.69, 9.17) is 10.5 Å². The highest BCUT2D eigenvalue weighted by Gasteiger charge is 2.04. The molecule has 2 N–H and O–H groups in total. The van der Waals surface area contributed by atoms with Crippen molar-refractivity contribution in [3.05, 3.63) is 41.5 Å². The van der Waals surface area contributed by atoms with Crippen LogP contribution in [-0.2, 0) is 5.75 Å². The minimum Gasteiger partial charge on any atom is -0.481 e. The van der Waals surface area contributed by atoms with Crippen LogP contribution in [0, 0.1) is 6.92 Å². The molecule has 0 fully saturated rings. The van der Waals surface area contributed by atoms with Crippen molar-refractivity contribution in [3.8, 4) is 5.88 Å². The van der Waals surface area contributed by atoms with E-state index in [2.05, 4.69) is 41.2 Å². The molecule has 1 heterocycles. The molecule has 18 heavy (non-hydrogen) atoms. The van der Waals surface area contributed by atoms with Crippen LogP contribution in [0.5, 0.6) is 5.88 Å². The number of hydrogen-bond donors (Lipinski definition) is 1. The van der Waals surface area contributed by atoms with Crippen molar-refractivity contribution in [2.45, 2.75) is 17.8 Å². The maximum Gasteiger partial charge on any atom is 0.219 e. The molecule has 94 valence electrons. The van der Waals surface area contributed by atoms with Gasteiger partial charge in [0, 0.05) is 11.8 Å². The average molecular weight is 261 g/mol. The monoisotopic (exact) mass is 261 g/mol. The molecule has 1 aromatic heterocycles. The molecule has 0 aliphatic rings. The third kappa shape index (κ3) is 3.37. The highest BCUT2D eigenvalue weighted by Crippen LogP contribution is 2.22. The SMILES string of the molecule is COc1cc(N)nc(SCc2ccc(C)cc2)n1. The molecule has 0 amide bonds. The highest BCUT2D eigenvalue weighted by atomic mass is 32.2. The smallest absolute Gasteiger partial charge is 0.219 e. The number of aryl methyl sites for hydroxylation is 1. The van der Waals surface area contributed by atoms with E-state index in [-0.39, 0.29) is 0 Å². The Kier molecular flexibility index (Phi) is 4.04. The van der Waals surface area contributed by atoms with Gasteiger partial charge in [0.1, 0.15) is 5.82 Å². The number of aromatic nitrogens is 2. The van der Waals surface area contributed by atoms with Crippen molar-refractivity contribution in [1.82, 2.24) is 9.97 Å². The molecule has 0 spiro atoms. The molecular weight excluding hydrogens is 246 g/mol. The molecule has 0 atom stereocenters. The number of benzene rings is 1. The standard InChI is InChI=1S/C13H15N3OS/c1-9-3-5-10(6-4-9)8-18-13-15-11(14)7-12(16-13)17-2/h3-7H,8H2,1-2H3,(H2,14,15,16). The van der Waals surface area contributed by atoms with E-state index in [1.165, 1.54) is 11.1 Å². The van der Waals surface area contributed by atoms with E-state index >= 15 is 0 Å². The Morgan fingerprint density at radius 3 is 2.61 bits per heavy atom. The molecule has 2 rings (SSSR count). The predicted molar refractivity (Wildman–Crippen MR) is 73.7 cm³/mol. The number of nitrogens with zero attached hydrogens (tertiary/aromatic N) is 2. The minimum atomic E-state index is 0.424. The van der Waals surface area contributed by atoms with Crippen LogP contribution in [0.4, 0.5) is 5.82 Å². The summed E-state index contributed by atoms with van der Waals surface area (Å²) in [7, 11) is 1.57. The number of hydrogen-bond acceptors (Lipinski definition) is 5. The zero-order valence-corrected chi connectivity index (χ0v) is 11.2. The first-order valence-corrected chi connectivity index (χ1v) is 6.53. The summed E-state index contributed by atoms with van der Waals surface area (Å²) in [6.07, 6.45) is 0. The third-order valence-corrected chi connectivity index (χ3v) is 3.32. The normalized spacial score (nSPS) is 10.3. The Balaban J connectivity index is 2.05. The molecule has 5 heteroatoms. The lowest BCUT2D eigenvalue weighted by Gasteiger charge is -2.04. The van der Waals surface area contributed by atoms with Gasteiger partial charge in [-0.15, -0.1) is 0 Å². The number of methoxy groups -OCH3 is 1. The Bertz CT molecular complexity index is 528. The lowest BCUT2D eigenvalue weighted by Crippen LogP contribution is -1.97. The molecular formula is C13H15N3OS. The number of ether oxygens (including phenoxy) is 1. The number of nitrogen functional groups attached to an aromatic ring is 1. The first-order valence-electron chi connectivity index (χ1n) is 5.54. The molecule has 4 nitrogen and oxygen atoms in total. The fraction of sp³-hybridized carbons (Fsp3) is 0.231. The second kappa shape index (κ2) is 5.73.